The second-order valence-electron chi connectivity index (χ2n) is 4.55. The van der Waals surface area contributed by atoms with E-state index in [1.54, 1.807) is 13.0 Å². The maximum atomic E-state index is 11.8. The standard InChI is InChI=1S/C16H18O6/c1-11(2)14(17)7-8-21-9-10-22-16(20)13-6-4-3-5-12(13)15(18)19/h3-6H,1,7-10H2,2H3,(H,18,19). The van der Waals surface area contributed by atoms with Crippen molar-refractivity contribution in [1.82, 2.24) is 0 Å². The zero-order valence-electron chi connectivity index (χ0n) is 12.3. The van der Waals surface area contributed by atoms with Gasteiger partial charge < -0.3 is 14.6 Å². The van der Waals surface area contributed by atoms with Crippen LogP contribution in [0.4, 0.5) is 0 Å². The monoisotopic (exact) mass is 306 g/mol. The molecule has 6 heteroatoms. The fourth-order valence-electron chi connectivity index (χ4n) is 1.60. The molecule has 0 bridgehead atoms. The van der Waals surface area contributed by atoms with Crippen molar-refractivity contribution in [3.05, 3.63) is 47.5 Å². The number of Topliss-reactive ketones (excluding diaryl/α,β-unsaturated/α-hetero) is 1. The molecule has 1 aromatic rings. The smallest absolute Gasteiger partial charge is 0.339 e. The first kappa shape index (κ1) is 17.6. The molecule has 1 aromatic carbocycles. The number of esters is 1. The fourth-order valence-corrected chi connectivity index (χ4v) is 1.60. The molecule has 6 nitrogen and oxygen atoms in total. The number of hydrogen-bond acceptors (Lipinski definition) is 5. The fraction of sp³-hybridized carbons (Fsp3) is 0.312. The van der Waals surface area contributed by atoms with Crippen LogP contribution in [0.3, 0.4) is 0 Å². The van der Waals surface area contributed by atoms with Crippen molar-refractivity contribution < 1.29 is 29.0 Å². The summed E-state index contributed by atoms with van der Waals surface area (Å²) in [4.78, 5) is 34.0. The van der Waals surface area contributed by atoms with E-state index in [1.165, 1.54) is 18.2 Å². The molecule has 0 atom stereocenters. The Kier molecular flexibility index (Phi) is 6.98. The molecule has 0 fully saturated rings. The van der Waals surface area contributed by atoms with Crippen LogP contribution in [-0.4, -0.2) is 42.6 Å². The predicted molar refractivity (Wildman–Crippen MR) is 78.9 cm³/mol. The van der Waals surface area contributed by atoms with Gasteiger partial charge in [-0.05, 0) is 24.6 Å². The summed E-state index contributed by atoms with van der Waals surface area (Å²) in [5.74, 6) is -1.99. The lowest BCUT2D eigenvalue weighted by Crippen LogP contribution is -2.15. The molecule has 0 aliphatic carbocycles. The van der Waals surface area contributed by atoms with Crippen LogP contribution in [0.15, 0.2) is 36.4 Å². The number of carbonyl (C=O) groups excluding carboxylic acids is 2. The molecule has 0 unspecified atom stereocenters. The van der Waals surface area contributed by atoms with Crippen molar-refractivity contribution in [3.63, 3.8) is 0 Å². The van der Waals surface area contributed by atoms with E-state index in [1.807, 2.05) is 0 Å². The number of ketones is 1. The first-order chi connectivity index (χ1) is 10.4. The van der Waals surface area contributed by atoms with Gasteiger partial charge in [-0.25, -0.2) is 9.59 Å². The van der Waals surface area contributed by atoms with Crippen LogP contribution in [0.5, 0.6) is 0 Å². The summed E-state index contributed by atoms with van der Waals surface area (Å²) in [5, 5.41) is 8.98. The highest BCUT2D eigenvalue weighted by atomic mass is 16.6. The third-order valence-electron chi connectivity index (χ3n) is 2.79. The minimum absolute atomic E-state index is 0.00698. The lowest BCUT2D eigenvalue weighted by atomic mass is 10.1. The van der Waals surface area contributed by atoms with Crippen molar-refractivity contribution in [2.75, 3.05) is 19.8 Å². The molecule has 0 saturated heterocycles. The highest BCUT2D eigenvalue weighted by Crippen LogP contribution is 2.10. The predicted octanol–water partition coefficient (Wildman–Crippen LogP) is 2.09. The van der Waals surface area contributed by atoms with E-state index in [4.69, 9.17) is 14.6 Å². The maximum Gasteiger partial charge on any atom is 0.339 e. The Balaban J connectivity index is 2.34. The van der Waals surface area contributed by atoms with Gasteiger partial charge in [-0.2, -0.15) is 0 Å². The number of benzene rings is 1. The number of carboxylic acids is 1. The Morgan fingerprint density at radius 3 is 2.32 bits per heavy atom. The normalized spacial score (nSPS) is 10.0. The number of allylic oxidation sites excluding steroid dienone is 1. The zero-order valence-corrected chi connectivity index (χ0v) is 12.3. The summed E-state index contributed by atoms with van der Waals surface area (Å²) in [6.45, 7) is 5.48. The van der Waals surface area contributed by atoms with Crippen molar-refractivity contribution in [3.8, 4) is 0 Å². The third-order valence-corrected chi connectivity index (χ3v) is 2.79. The van der Waals surface area contributed by atoms with Crippen LogP contribution >= 0.6 is 0 Å². The Hall–Kier alpha value is -2.47. The number of rotatable bonds is 9. The van der Waals surface area contributed by atoms with E-state index in [0.717, 1.165) is 0 Å². The lowest BCUT2D eigenvalue weighted by molar-refractivity contribution is -0.116. The van der Waals surface area contributed by atoms with E-state index in [2.05, 4.69) is 6.58 Å². The third kappa shape index (κ3) is 5.49. The molecule has 0 aromatic heterocycles. The van der Waals surface area contributed by atoms with E-state index in [9.17, 15) is 14.4 Å². The van der Waals surface area contributed by atoms with Crippen LogP contribution in [0.25, 0.3) is 0 Å². The summed E-state index contributed by atoms with van der Waals surface area (Å²) in [5.41, 5.74) is 0.355. The molecule has 0 spiro atoms. The molecule has 1 N–H and O–H groups in total. The number of carboxylic acid groups (broad SMARTS) is 1. The zero-order chi connectivity index (χ0) is 16.5. The topological polar surface area (TPSA) is 89.9 Å². The molecule has 0 heterocycles. The van der Waals surface area contributed by atoms with E-state index in [0.29, 0.717) is 5.57 Å². The molecular weight excluding hydrogens is 288 g/mol. The van der Waals surface area contributed by atoms with Gasteiger partial charge >= 0.3 is 11.9 Å². The molecule has 0 aliphatic heterocycles. The van der Waals surface area contributed by atoms with Gasteiger partial charge in [0.05, 0.1) is 24.3 Å². The van der Waals surface area contributed by atoms with Gasteiger partial charge in [0.1, 0.15) is 6.61 Å². The van der Waals surface area contributed by atoms with E-state index < -0.39 is 11.9 Å². The average molecular weight is 306 g/mol. The second-order valence-corrected chi connectivity index (χ2v) is 4.55. The summed E-state index contributed by atoms with van der Waals surface area (Å²) in [6.07, 6.45) is 0.227. The van der Waals surface area contributed by atoms with Gasteiger partial charge in [-0.3, -0.25) is 4.79 Å². The van der Waals surface area contributed by atoms with Gasteiger partial charge in [0.25, 0.3) is 0 Å². The molecule has 118 valence electrons. The van der Waals surface area contributed by atoms with Crippen LogP contribution in [0, 0.1) is 0 Å². The van der Waals surface area contributed by atoms with Gasteiger partial charge in [-0.15, -0.1) is 0 Å². The van der Waals surface area contributed by atoms with E-state index in [-0.39, 0.29) is 43.2 Å². The number of ether oxygens (including phenoxy) is 2. The lowest BCUT2D eigenvalue weighted by Gasteiger charge is -2.07. The summed E-state index contributed by atoms with van der Waals surface area (Å²) < 4.78 is 10.1. The molecule has 22 heavy (non-hydrogen) atoms. The van der Waals surface area contributed by atoms with Gasteiger partial charge in [-0.1, -0.05) is 18.7 Å². The first-order valence-electron chi connectivity index (χ1n) is 6.69. The minimum atomic E-state index is -1.19. The maximum absolute atomic E-state index is 11.8. The van der Waals surface area contributed by atoms with Crippen molar-refractivity contribution in [1.29, 1.82) is 0 Å². The largest absolute Gasteiger partial charge is 0.478 e. The van der Waals surface area contributed by atoms with Crippen LogP contribution < -0.4 is 0 Å². The van der Waals surface area contributed by atoms with Gasteiger partial charge in [0.15, 0.2) is 5.78 Å². The van der Waals surface area contributed by atoms with Gasteiger partial charge in [0, 0.05) is 6.42 Å². The Labute approximate surface area is 128 Å². The van der Waals surface area contributed by atoms with Crippen molar-refractivity contribution >= 4 is 17.7 Å². The van der Waals surface area contributed by atoms with Crippen LogP contribution in [0.2, 0.25) is 0 Å². The molecule has 1 rings (SSSR count). The SMILES string of the molecule is C=C(C)C(=O)CCOCCOC(=O)c1ccccc1C(=O)O. The Bertz CT molecular complexity index is 576. The molecule has 0 radical (unpaired) electrons. The average Bonchev–Trinajstić information content (AvgIpc) is 2.49. The van der Waals surface area contributed by atoms with Crippen molar-refractivity contribution in [2.24, 2.45) is 0 Å². The quantitative estimate of drug-likeness (QED) is 0.427. The Morgan fingerprint density at radius 2 is 1.73 bits per heavy atom. The summed E-state index contributed by atoms with van der Waals surface area (Å²) in [6, 6.07) is 5.81. The first-order valence-corrected chi connectivity index (χ1v) is 6.69. The van der Waals surface area contributed by atoms with Crippen LogP contribution in [0.1, 0.15) is 34.1 Å². The number of carbonyl (C=O) groups is 3. The van der Waals surface area contributed by atoms with Crippen LogP contribution in [-0.2, 0) is 14.3 Å². The minimum Gasteiger partial charge on any atom is -0.478 e. The molecular formula is C16H18O6. The molecule has 0 saturated carbocycles. The molecule has 0 aliphatic rings. The molecule has 0 amide bonds. The Morgan fingerprint density at radius 1 is 1.09 bits per heavy atom. The summed E-state index contributed by atoms with van der Waals surface area (Å²) >= 11 is 0. The van der Waals surface area contributed by atoms with Crippen molar-refractivity contribution in [2.45, 2.75) is 13.3 Å². The summed E-state index contributed by atoms with van der Waals surface area (Å²) in [7, 11) is 0. The number of aromatic carboxylic acids is 1. The van der Waals surface area contributed by atoms with Gasteiger partial charge in [0.2, 0.25) is 0 Å². The number of hydrogen-bond donors (Lipinski definition) is 1. The highest BCUT2D eigenvalue weighted by Gasteiger charge is 2.16. The second kappa shape index (κ2) is 8.74. The van der Waals surface area contributed by atoms with E-state index >= 15 is 0 Å². The highest BCUT2D eigenvalue weighted by molar-refractivity contribution is 6.02.